The van der Waals surface area contributed by atoms with E-state index in [4.69, 9.17) is 15.2 Å². The van der Waals surface area contributed by atoms with Crippen LogP contribution >= 0.6 is 11.3 Å². The van der Waals surface area contributed by atoms with Gasteiger partial charge in [-0.05, 0) is 31.0 Å². The molecule has 3 N–H and O–H groups in total. The molecule has 27 heavy (non-hydrogen) atoms. The highest BCUT2D eigenvalue weighted by Crippen LogP contribution is 2.32. The Bertz CT molecular complexity index is 843. The number of thiophene rings is 1. The predicted octanol–water partition coefficient (Wildman–Crippen LogP) is 2.79. The molecule has 2 aromatic rings. The molecule has 0 bridgehead atoms. The second-order valence-corrected chi connectivity index (χ2v) is 6.63. The number of nitrogen functional groups attached to an aromatic ring is 1. The van der Waals surface area contributed by atoms with Gasteiger partial charge in [-0.3, -0.25) is 4.79 Å². The number of anilines is 1. The van der Waals surface area contributed by atoms with E-state index in [9.17, 15) is 14.4 Å². The van der Waals surface area contributed by atoms with Gasteiger partial charge in [-0.15, -0.1) is 11.3 Å². The molecule has 1 amide bonds. The summed E-state index contributed by atoms with van der Waals surface area (Å²) in [4.78, 5) is 36.9. The summed E-state index contributed by atoms with van der Waals surface area (Å²) in [6, 6.07) is 7.04. The first-order valence-electron chi connectivity index (χ1n) is 8.49. The molecule has 0 saturated heterocycles. The van der Waals surface area contributed by atoms with Crippen LogP contribution in [0.1, 0.15) is 55.4 Å². The maximum Gasteiger partial charge on any atom is 0.341 e. The van der Waals surface area contributed by atoms with Gasteiger partial charge in [0.25, 0.3) is 5.91 Å². The molecule has 1 aromatic heterocycles. The van der Waals surface area contributed by atoms with Gasteiger partial charge in [0.15, 0.2) is 0 Å². The number of nitrogens with two attached hydrogens (primary N) is 1. The van der Waals surface area contributed by atoms with Crippen LogP contribution in [0.2, 0.25) is 0 Å². The molecule has 0 spiro atoms. The number of aryl methyl sites for hydroxylation is 1. The first-order valence-corrected chi connectivity index (χ1v) is 9.30. The first-order chi connectivity index (χ1) is 12.9. The molecular formula is C19H22N2O5S. The fourth-order valence-electron chi connectivity index (χ4n) is 2.44. The van der Waals surface area contributed by atoms with Crippen LogP contribution in [0, 0.1) is 0 Å². The van der Waals surface area contributed by atoms with Crippen molar-refractivity contribution >= 4 is 34.2 Å². The summed E-state index contributed by atoms with van der Waals surface area (Å²) in [6.45, 7) is 3.58. The highest BCUT2D eigenvalue weighted by molar-refractivity contribution is 7.18. The summed E-state index contributed by atoms with van der Waals surface area (Å²) in [6.07, 6.45) is 0.863. The molecule has 144 valence electrons. The molecule has 0 unspecified atom stereocenters. The monoisotopic (exact) mass is 390 g/mol. The quantitative estimate of drug-likeness (QED) is 0.704. The van der Waals surface area contributed by atoms with Crippen LogP contribution in [0.25, 0.3) is 0 Å². The Kier molecular flexibility index (Phi) is 6.95. The molecule has 0 fully saturated rings. The molecule has 7 nitrogen and oxygen atoms in total. The van der Waals surface area contributed by atoms with E-state index in [0.717, 1.165) is 23.3 Å². The van der Waals surface area contributed by atoms with Gasteiger partial charge in [-0.25, -0.2) is 9.59 Å². The summed E-state index contributed by atoms with van der Waals surface area (Å²) >= 11 is 0.954. The van der Waals surface area contributed by atoms with E-state index in [0.29, 0.717) is 5.56 Å². The summed E-state index contributed by atoms with van der Waals surface area (Å²) in [5.74, 6) is -1.62. The van der Waals surface area contributed by atoms with E-state index < -0.39 is 17.8 Å². The number of ether oxygens (including phenoxy) is 2. The normalized spacial score (nSPS) is 10.3. The number of nitrogens with one attached hydrogen (secondary N) is 1. The molecular weight excluding hydrogens is 368 g/mol. The number of carbonyl (C=O) groups excluding carboxylic acids is 3. The van der Waals surface area contributed by atoms with Crippen molar-refractivity contribution in [2.75, 3.05) is 19.4 Å². The Balaban J connectivity index is 2.28. The smallest absolute Gasteiger partial charge is 0.341 e. The minimum Gasteiger partial charge on any atom is -0.462 e. The van der Waals surface area contributed by atoms with Crippen LogP contribution in [0.3, 0.4) is 0 Å². The van der Waals surface area contributed by atoms with Crippen molar-refractivity contribution in [2.45, 2.75) is 26.9 Å². The second kappa shape index (κ2) is 9.18. The molecule has 2 rings (SSSR count). The van der Waals surface area contributed by atoms with Crippen LogP contribution < -0.4 is 11.1 Å². The van der Waals surface area contributed by atoms with Crippen molar-refractivity contribution in [3.05, 3.63) is 51.4 Å². The number of hydrogen-bond donors (Lipinski definition) is 2. The Morgan fingerprint density at radius 2 is 1.74 bits per heavy atom. The zero-order valence-corrected chi connectivity index (χ0v) is 16.3. The van der Waals surface area contributed by atoms with Crippen molar-refractivity contribution in [3.8, 4) is 0 Å². The number of amides is 1. The minimum absolute atomic E-state index is 0.0644. The van der Waals surface area contributed by atoms with E-state index >= 15 is 0 Å². The van der Waals surface area contributed by atoms with Crippen molar-refractivity contribution in [3.63, 3.8) is 0 Å². The van der Waals surface area contributed by atoms with Gasteiger partial charge in [0, 0.05) is 12.6 Å². The number of rotatable bonds is 7. The van der Waals surface area contributed by atoms with E-state index in [1.165, 1.54) is 7.05 Å². The average molecular weight is 390 g/mol. The minimum atomic E-state index is -0.653. The fraction of sp³-hybridized carbons (Fsp3) is 0.316. The number of benzene rings is 1. The maximum absolute atomic E-state index is 12.3. The molecule has 0 atom stereocenters. The highest BCUT2D eigenvalue weighted by Gasteiger charge is 2.27. The third kappa shape index (κ3) is 4.65. The SMILES string of the molecule is CCOC(=O)c1c(N)sc(C(=O)NC)c1COC(=O)c1ccc(CC)cc1. The average Bonchev–Trinajstić information content (AvgIpc) is 3.01. The lowest BCUT2D eigenvalue weighted by Gasteiger charge is -2.09. The van der Waals surface area contributed by atoms with Crippen molar-refractivity contribution < 1.29 is 23.9 Å². The third-order valence-electron chi connectivity index (χ3n) is 3.89. The summed E-state index contributed by atoms with van der Waals surface area (Å²) in [5.41, 5.74) is 7.71. The van der Waals surface area contributed by atoms with Gasteiger partial charge in [0.2, 0.25) is 0 Å². The zero-order chi connectivity index (χ0) is 20.0. The largest absolute Gasteiger partial charge is 0.462 e. The molecule has 0 radical (unpaired) electrons. The number of hydrogen-bond acceptors (Lipinski definition) is 7. The van der Waals surface area contributed by atoms with Gasteiger partial charge < -0.3 is 20.5 Å². The lowest BCUT2D eigenvalue weighted by atomic mass is 10.1. The van der Waals surface area contributed by atoms with E-state index in [1.54, 1.807) is 19.1 Å². The van der Waals surface area contributed by atoms with Crippen LogP contribution in [-0.2, 0) is 22.5 Å². The number of carbonyl (C=O) groups is 3. The lowest BCUT2D eigenvalue weighted by Crippen LogP contribution is -2.19. The van der Waals surface area contributed by atoms with Crippen molar-refractivity contribution in [1.29, 1.82) is 0 Å². The highest BCUT2D eigenvalue weighted by atomic mass is 32.1. The van der Waals surface area contributed by atoms with E-state index in [2.05, 4.69) is 5.32 Å². The third-order valence-corrected chi connectivity index (χ3v) is 4.95. The van der Waals surface area contributed by atoms with E-state index in [-0.39, 0.29) is 34.2 Å². The zero-order valence-electron chi connectivity index (χ0n) is 15.5. The van der Waals surface area contributed by atoms with Crippen LogP contribution in [0.5, 0.6) is 0 Å². The Labute approximate surface area is 161 Å². The van der Waals surface area contributed by atoms with Gasteiger partial charge >= 0.3 is 11.9 Å². The molecule has 0 aliphatic heterocycles. The topological polar surface area (TPSA) is 108 Å². The Hall–Kier alpha value is -2.87. The van der Waals surface area contributed by atoms with E-state index in [1.807, 2.05) is 19.1 Å². The molecule has 1 heterocycles. The summed E-state index contributed by atoms with van der Waals surface area (Å²) < 4.78 is 10.3. The Morgan fingerprint density at radius 1 is 1.07 bits per heavy atom. The van der Waals surface area contributed by atoms with Crippen LogP contribution in [0.4, 0.5) is 5.00 Å². The Morgan fingerprint density at radius 3 is 2.30 bits per heavy atom. The van der Waals surface area contributed by atoms with Crippen molar-refractivity contribution in [1.82, 2.24) is 5.32 Å². The predicted molar refractivity (Wildman–Crippen MR) is 103 cm³/mol. The van der Waals surface area contributed by atoms with Gasteiger partial charge in [-0.1, -0.05) is 19.1 Å². The first kappa shape index (κ1) is 20.4. The van der Waals surface area contributed by atoms with Gasteiger partial charge in [0.05, 0.1) is 12.2 Å². The summed E-state index contributed by atoms with van der Waals surface area (Å²) in [5, 5.41) is 2.63. The molecule has 0 saturated carbocycles. The summed E-state index contributed by atoms with van der Waals surface area (Å²) in [7, 11) is 1.47. The molecule has 0 aliphatic rings. The molecule has 0 aliphatic carbocycles. The lowest BCUT2D eigenvalue weighted by molar-refractivity contribution is 0.0449. The number of esters is 2. The molecule has 8 heteroatoms. The maximum atomic E-state index is 12.3. The second-order valence-electron chi connectivity index (χ2n) is 5.58. The van der Waals surface area contributed by atoms with Crippen LogP contribution in [-0.4, -0.2) is 31.5 Å². The van der Waals surface area contributed by atoms with Crippen LogP contribution in [0.15, 0.2) is 24.3 Å². The van der Waals surface area contributed by atoms with Crippen molar-refractivity contribution in [2.24, 2.45) is 0 Å². The van der Waals surface area contributed by atoms with Gasteiger partial charge in [-0.2, -0.15) is 0 Å². The molecule has 1 aromatic carbocycles. The van der Waals surface area contributed by atoms with Gasteiger partial charge in [0.1, 0.15) is 22.0 Å². The standard InChI is InChI=1S/C19H22N2O5S/c1-4-11-6-8-12(9-7-11)18(23)26-10-13-14(19(24)25-5-2)16(20)27-15(13)17(22)21-3/h6-9H,4-5,10,20H2,1-3H3,(H,21,22). The fourth-order valence-corrected chi connectivity index (χ4v) is 3.45.